The quantitative estimate of drug-likeness (QED) is 0.891. The number of thiophene rings is 1. The van der Waals surface area contributed by atoms with Gasteiger partial charge in [-0.25, -0.2) is 0 Å². The summed E-state index contributed by atoms with van der Waals surface area (Å²) >= 11 is 1.35. The van der Waals surface area contributed by atoms with Crippen LogP contribution >= 0.6 is 11.3 Å². The van der Waals surface area contributed by atoms with E-state index in [0.29, 0.717) is 10.6 Å². The van der Waals surface area contributed by atoms with Gasteiger partial charge in [-0.3, -0.25) is 14.6 Å². The predicted molar refractivity (Wildman–Crippen MR) is 83.3 cm³/mol. The molecule has 0 aromatic carbocycles. The summed E-state index contributed by atoms with van der Waals surface area (Å²) in [6, 6.07) is 6.43. The molecule has 0 aliphatic heterocycles. The van der Waals surface area contributed by atoms with Crippen molar-refractivity contribution < 1.29 is 9.59 Å². The summed E-state index contributed by atoms with van der Waals surface area (Å²) in [6.07, 6.45) is 3.20. The number of carbonyl (C=O) groups excluding carboxylic acids is 2. The van der Waals surface area contributed by atoms with Crippen molar-refractivity contribution >= 4 is 28.8 Å². The lowest BCUT2D eigenvalue weighted by atomic mass is 10.0. The number of nitrogens with one attached hydrogen (secondary N) is 2. The number of aromatic nitrogens is 1. The molecule has 0 bridgehead atoms. The Bertz CT molecular complexity index is 597. The second-order valence-corrected chi connectivity index (χ2v) is 5.85. The first-order valence-electron chi connectivity index (χ1n) is 6.63. The summed E-state index contributed by atoms with van der Waals surface area (Å²) in [6.45, 7) is 3.78. The topological polar surface area (TPSA) is 71.1 Å². The molecule has 2 aromatic rings. The molecule has 21 heavy (non-hydrogen) atoms. The minimum absolute atomic E-state index is 0.0226. The minimum atomic E-state index is -0.597. The van der Waals surface area contributed by atoms with Crippen LogP contribution in [0.2, 0.25) is 0 Å². The van der Waals surface area contributed by atoms with E-state index in [4.69, 9.17) is 0 Å². The van der Waals surface area contributed by atoms with Gasteiger partial charge in [0.1, 0.15) is 6.04 Å². The van der Waals surface area contributed by atoms with E-state index in [1.807, 2.05) is 19.2 Å². The van der Waals surface area contributed by atoms with E-state index in [-0.39, 0.29) is 17.7 Å². The highest BCUT2D eigenvalue weighted by molar-refractivity contribution is 7.12. The third-order valence-corrected chi connectivity index (χ3v) is 3.78. The number of hydrogen-bond donors (Lipinski definition) is 2. The van der Waals surface area contributed by atoms with E-state index >= 15 is 0 Å². The molecule has 2 rings (SSSR count). The van der Waals surface area contributed by atoms with Crippen LogP contribution in [-0.2, 0) is 4.79 Å². The van der Waals surface area contributed by atoms with E-state index in [1.165, 1.54) is 11.3 Å². The zero-order valence-electron chi connectivity index (χ0n) is 11.9. The molecule has 1 atom stereocenters. The smallest absolute Gasteiger partial charge is 0.262 e. The normalized spacial score (nSPS) is 12.0. The van der Waals surface area contributed by atoms with Crippen molar-refractivity contribution in [3.05, 3.63) is 46.9 Å². The van der Waals surface area contributed by atoms with Crippen molar-refractivity contribution in [2.45, 2.75) is 19.9 Å². The predicted octanol–water partition coefficient (Wildman–Crippen LogP) is 2.54. The number of hydrogen-bond acceptors (Lipinski definition) is 4. The second-order valence-electron chi connectivity index (χ2n) is 4.90. The van der Waals surface area contributed by atoms with Crippen LogP contribution in [0.15, 0.2) is 42.0 Å². The zero-order valence-corrected chi connectivity index (χ0v) is 12.7. The van der Waals surface area contributed by atoms with E-state index in [9.17, 15) is 9.59 Å². The van der Waals surface area contributed by atoms with Crippen LogP contribution in [0.3, 0.4) is 0 Å². The van der Waals surface area contributed by atoms with Crippen LogP contribution in [0.1, 0.15) is 23.5 Å². The summed E-state index contributed by atoms with van der Waals surface area (Å²) in [4.78, 5) is 28.9. The molecule has 0 aliphatic carbocycles. The Morgan fingerprint density at radius 1 is 1.24 bits per heavy atom. The van der Waals surface area contributed by atoms with Crippen LogP contribution in [0.4, 0.5) is 5.69 Å². The van der Waals surface area contributed by atoms with Gasteiger partial charge in [-0.05, 0) is 29.5 Å². The van der Waals surface area contributed by atoms with Crippen molar-refractivity contribution in [2.75, 3.05) is 5.32 Å². The maximum absolute atomic E-state index is 12.3. The Kier molecular flexibility index (Phi) is 5.05. The largest absolute Gasteiger partial charge is 0.339 e. The van der Waals surface area contributed by atoms with Gasteiger partial charge in [-0.2, -0.15) is 0 Å². The average molecular weight is 303 g/mol. The molecule has 0 aliphatic rings. The van der Waals surface area contributed by atoms with Crippen LogP contribution < -0.4 is 10.6 Å². The Labute approximate surface area is 127 Å². The van der Waals surface area contributed by atoms with E-state index in [1.54, 1.807) is 36.7 Å². The second kappa shape index (κ2) is 6.99. The molecule has 5 nitrogen and oxygen atoms in total. The highest BCUT2D eigenvalue weighted by atomic mass is 32.1. The van der Waals surface area contributed by atoms with Crippen molar-refractivity contribution in [1.29, 1.82) is 0 Å². The molecule has 0 unspecified atom stereocenters. The maximum Gasteiger partial charge on any atom is 0.262 e. The van der Waals surface area contributed by atoms with Gasteiger partial charge in [-0.15, -0.1) is 11.3 Å². The summed E-state index contributed by atoms with van der Waals surface area (Å²) in [5, 5.41) is 7.37. The number of nitrogens with zero attached hydrogens (tertiary/aromatic N) is 1. The van der Waals surface area contributed by atoms with Gasteiger partial charge >= 0.3 is 0 Å². The van der Waals surface area contributed by atoms with Gasteiger partial charge in [0.15, 0.2) is 0 Å². The standard InChI is InChI=1S/C15H17N3O2S/c1-10(2)13(18-14(19)12-6-4-8-21-12)15(20)17-11-5-3-7-16-9-11/h3-10,13H,1-2H3,(H,17,20)(H,18,19)/t13-/m1/s1. The van der Waals surface area contributed by atoms with Crippen LogP contribution in [-0.4, -0.2) is 22.8 Å². The van der Waals surface area contributed by atoms with Crippen molar-refractivity contribution in [3.63, 3.8) is 0 Å². The highest BCUT2D eigenvalue weighted by Gasteiger charge is 2.25. The molecule has 110 valence electrons. The molecule has 0 fully saturated rings. The Morgan fingerprint density at radius 2 is 2.05 bits per heavy atom. The molecule has 2 heterocycles. The van der Waals surface area contributed by atoms with E-state index < -0.39 is 6.04 Å². The highest BCUT2D eigenvalue weighted by Crippen LogP contribution is 2.12. The van der Waals surface area contributed by atoms with Crippen molar-refractivity contribution in [3.8, 4) is 0 Å². The van der Waals surface area contributed by atoms with Gasteiger partial charge < -0.3 is 10.6 Å². The molecular formula is C15H17N3O2S. The minimum Gasteiger partial charge on any atom is -0.339 e. The van der Waals surface area contributed by atoms with Gasteiger partial charge in [0.25, 0.3) is 5.91 Å². The Hall–Kier alpha value is -2.21. The molecule has 2 amide bonds. The fraction of sp³-hybridized carbons (Fsp3) is 0.267. The lowest BCUT2D eigenvalue weighted by molar-refractivity contribution is -0.118. The Morgan fingerprint density at radius 3 is 2.62 bits per heavy atom. The molecular weight excluding hydrogens is 286 g/mol. The molecule has 0 spiro atoms. The summed E-state index contributed by atoms with van der Waals surface area (Å²) in [5.41, 5.74) is 0.610. The number of amides is 2. The fourth-order valence-electron chi connectivity index (χ4n) is 1.81. The lowest BCUT2D eigenvalue weighted by Crippen LogP contribution is -2.46. The van der Waals surface area contributed by atoms with Gasteiger partial charge in [0.05, 0.1) is 16.8 Å². The van der Waals surface area contributed by atoms with Gasteiger partial charge in [0, 0.05) is 6.20 Å². The molecule has 0 saturated heterocycles. The van der Waals surface area contributed by atoms with Crippen LogP contribution in [0, 0.1) is 5.92 Å². The van der Waals surface area contributed by atoms with E-state index in [2.05, 4.69) is 15.6 Å². The third-order valence-electron chi connectivity index (χ3n) is 2.91. The summed E-state index contributed by atoms with van der Waals surface area (Å²) in [5.74, 6) is -0.501. The summed E-state index contributed by atoms with van der Waals surface area (Å²) < 4.78 is 0. The molecule has 2 aromatic heterocycles. The number of pyridine rings is 1. The van der Waals surface area contributed by atoms with Crippen LogP contribution in [0.25, 0.3) is 0 Å². The van der Waals surface area contributed by atoms with Crippen molar-refractivity contribution in [2.24, 2.45) is 5.92 Å². The molecule has 0 radical (unpaired) electrons. The lowest BCUT2D eigenvalue weighted by Gasteiger charge is -2.21. The third kappa shape index (κ3) is 4.13. The first-order chi connectivity index (χ1) is 10.1. The maximum atomic E-state index is 12.3. The van der Waals surface area contributed by atoms with Gasteiger partial charge in [-0.1, -0.05) is 19.9 Å². The number of anilines is 1. The van der Waals surface area contributed by atoms with Crippen molar-refractivity contribution in [1.82, 2.24) is 10.3 Å². The monoisotopic (exact) mass is 303 g/mol. The van der Waals surface area contributed by atoms with Crippen LogP contribution in [0.5, 0.6) is 0 Å². The molecule has 2 N–H and O–H groups in total. The number of rotatable bonds is 5. The number of carbonyl (C=O) groups is 2. The summed E-state index contributed by atoms with van der Waals surface area (Å²) in [7, 11) is 0. The van der Waals surface area contributed by atoms with E-state index in [0.717, 1.165) is 0 Å². The zero-order chi connectivity index (χ0) is 15.2. The molecule has 0 saturated carbocycles. The first-order valence-corrected chi connectivity index (χ1v) is 7.51. The molecule has 6 heteroatoms. The fourth-order valence-corrected chi connectivity index (χ4v) is 2.44. The first kappa shape index (κ1) is 15.2. The van der Waals surface area contributed by atoms with Gasteiger partial charge in [0.2, 0.25) is 5.91 Å². The SMILES string of the molecule is CC(C)[C@@H](NC(=O)c1cccs1)C(=O)Nc1cccnc1. The Balaban J connectivity index is 2.05. The average Bonchev–Trinajstić information content (AvgIpc) is 2.99.